The molecule has 184 valence electrons. The van der Waals surface area contributed by atoms with Crippen LogP contribution in [0, 0.1) is 6.92 Å². The minimum Gasteiger partial charge on any atom is -0.388 e. The highest BCUT2D eigenvalue weighted by atomic mass is 35.5. The molecule has 4 N–H and O–H groups in total. The predicted octanol–water partition coefficient (Wildman–Crippen LogP) is 2.19. The molecule has 10 heteroatoms. The van der Waals surface area contributed by atoms with E-state index in [4.69, 9.17) is 11.6 Å². The number of rotatable bonds is 8. The first-order valence-electron chi connectivity index (χ1n) is 11.5. The molecule has 34 heavy (non-hydrogen) atoms. The normalized spacial score (nSPS) is 15.3. The third-order valence-electron chi connectivity index (χ3n) is 6.12. The maximum absolute atomic E-state index is 12.9. The molecule has 0 aliphatic heterocycles. The highest BCUT2D eigenvalue weighted by Gasteiger charge is 2.28. The van der Waals surface area contributed by atoms with Gasteiger partial charge in [0.15, 0.2) is 0 Å². The van der Waals surface area contributed by atoms with Gasteiger partial charge in [-0.1, -0.05) is 43.4 Å². The number of benzene rings is 1. The minimum absolute atomic E-state index is 0.0393. The number of nitrogens with zero attached hydrogens (tertiary/aromatic N) is 2. The second-order valence-corrected chi connectivity index (χ2v) is 9.20. The smallest absolute Gasteiger partial charge is 0.252 e. The van der Waals surface area contributed by atoms with Gasteiger partial charge in [0.2, 0.25) is 11.8 Å². The van der Waals surface area contributed by atoms with E-state index in [1.54, 1.807) is 18.2 Å². The van der Waals surface area contributed by atoms with Crippen LogP contribution in [0.2, 0.25) is 5.02 Å². The summed E-state index contributed by atoms with van der Waals surface area (Å²) >= 11 is 6.30. The summed E-state index contributed by atoms with van der Waals surface area (Å²) in [7, 11) is 1.50. The number of likely N-dealkylation sites (N-methyl/N-ethyl adjacent to an activating group) is 1. The molecule has 0 saturated heterocycles. The Balaban J connectivity index is 1.69. The molecular weight excluding hydrogens is 458 g/mol. The van der Waals surface area contributed by atoms with Gasteiger partial charge in [-0.25, -0.2) is 0 Å². The van der Waals surface area contributed by atoms with Gasteiger partial charge in [0, 0.05) is 24.8 Å². The predicted molar refractivity (Wildman–Crippen MR) is 129 cm³/mol. The first-order chi connectivity index (χ1) is 16.2. The molecule has 0 spiro atoms. The van der Waals surface area contributed by atoms with Crippen LogP contribution in [0.15, 0.2) is 24.3 Å². The zero-order valence-electron chi connectivity index (χ0n) is 19.6. The number of aromatic nitrogens is 2. The lowest BCUT2D eigenvalue weighted by Gasteiger charge is -2.26. The fraction of sp³-hybridized carbons (Fsp3) is 0.500. The lowest BCUT2D eigenvalue weighted by molar-refractivity contribution is -0.126. The van der Waals surface area contributed by atoms with Gasteiger partial charge >= 0.3 is 0 Å². The first-order valence-corrected chi connectivity index (χ1v) is 11.9. The number of carbonyl (C=O) groups excluding carboxylic acids is 3. The second kappa shape index (κ2) is 11.5. The van der Waals surface area contributed by atoms with Gasteiger partial charge in [0.05, 0.1) is 28.4 Å². The van der Waals surface area contributed by atoms with Crippen molar-refractivity contribution < 1.29 is 19.5 Å². The zero-order chi connectivity index (χ0) is 24.7. The first kappa shape index (κ1) is 25.7. The number of aryl methyl sites for hydroxylation is 1. The van der Waals surface area contributed by atoms with Crippen molar-refractivity contribution in [3.05, 3.63) is 40.5 Å². The van der Waals surface area contributed by atoms with Crippen molar-refractivity contribution in [3.8, 4) is 11.3 Å². The molecule has 9 nitrogen and oxygen atoms in total. The summed E-state index contributed by atoms with van der Waals surface area (Å²) in [4.78, 5) is 36.3. The number of nitrogens with one attached hydrogen (secondary N) is 3. The van der Waals surface area contributed by atoms with Crippen molar-refractivity contribution in [2.24, 2.45) is 0 Å². The summed E-state index contributed by atoms with van der Waals surface area (Å²) in [5, 5.41) is 23.4. The number of halogens is 1. The van der Waals surface area contributed by atoms with E-state index in [1.807, 2.05) is 13.0 Å². The van der Waals surface area contributed by atoms with E-state index in [-0.39, 0.29) is 37.4 Å². The average molecular weight is 490 g/mol. The monoisotopic (exact) mass is 489 g/mol. The summed E-state index contributed by atoms with van der Waals surface area (Å²) in [5.74, 6) is -0.979. The van der Waals surface area contributed by atoms with Gasteiger partial charge in [-0.05, 0) is 38.0 Å². The van der Waals surface area contributed by atoms with Gasteiger partial charge in [0.25, 0.3) is 5.91 Å². The van der Waals surface area contributed by atoms with Crippen LogP contribution in [-0.4, -0.2) is 58.3 Å². The fourth-order valence-corrected chi connectivity index (χ4v) is 4.24. The summed E-state index contributed by atoms with van der Waals surface area (Å²) in [6.07, 6.45) is 5.46. The van der Waals surface area contributed by atoms with Crippen LogP contribution in [0.4, 0.5) is 0 Å². The van der Waals surface area contributed by atoms with Crippen LogP contribution in [0.25, 0.3) is 11.3 Å². The van der Waals surface area contributed by atoms with Crippen LogP contribution in [0.1, 0.15) is 54.6 Å². The Bertz CT molecular complexity index is 1040. The molecule has 1 aromatic carbocycles. The van der Waals surface area contributed by atoms with E-state index in [0.717, 1.165) is 31.4 Å². The lowest BCUT2D eigenvalue weighted by atomic mass is 9.94. The number of aliphatic hydroxyl groups is 1. The molecule has 1 aliphatic rings. The number of amides is 3. The Kier molecular flexibility index (Phi) is 8.68. The van der Waals surface area contributed by atoms with Crippen molar-refractivity contribution in [3.63, 3.8) is 0 Å². The lowest BCUT2D eigenvalue weighted by Crippen LogP contribution is -2.42. The molecule has 0 radical (unpaired) electrons. The van der Waals surface area contributed by atoms with Crippen molar-refractivity contribution >= 4 is 29.3 Å². The van der Waals surface area contributed by atoms with Crippen LogP contribution >= 0.6 is 11.6 Å². The van der Waals surface area contributed by atoms with E-state index in [1.165, 1.54) is 11.7 Å². The number of carbonyl (C=O) groups is 3. The van der Waals surface area contributed by atoms with Gasteiger partial charge in [0.1, 0.15) is 6.54 Å². The van der Waals surface area contributed by atoms with Crippen LogP contribution in [0.5, 0.6) is 0 Å². The molecule has 1 fully saturated rings. The molecule has 3 rings (SSSR count). The quantitative estimate of drug-likeness (QED) is 0.423. The summed E-state index contributed by atoms with van der Waals surface area (Å²) in [6.45, 7) is 1.86. The summed E-state index contributed by atoms with van der Waals surface area (Å²) in [5.41, 5.74) is 1.43. The summed E-state index contributed by atoms with van der Waals surface area (Å²) < 4.78 is 1.53. The van der Waals surface area contributed by atoms with E-state index < -0.39 is 5.60 Å². The molecular formula is C24H32ClN5O4. The fourth-order valence-electron chi connectivity index (χ4n) is 4.03. The van der Waals surface area contributed by atoms with Crippen molar-refractivity contribution in [1.82, 2.24) is 25.7 Å². The highest BCUT2D eigenvalue weighted by molar-refractivity contribution is 6.34. The minimum atomic E-state index is -0.884. The Hall–Kier alpha value is -2.91. The average Bonchev–Trinajstić information content (AvgIpc) is 3.03. The molecule has 3 amide bonds. The van der Waals surface area contributed by atoms with E-state index in [9.17, 15) is 19.5 Å². The molecule has 1 saturated carbocycles. The van der Waals surface area contributed by atoms with Crippen LogP contribution in [-0.2, 0) is 16.1 Å². The molecule has 2 aromatic rings. The molecule has 0 unspecified atom stereocenters. The van der Waals surface area contributed by atoms with Gasteiger partial charge in [-0.15, -0.1) is 0 Å². The Morgan fingerprint density at radius 3 is 2.47 bits per heavy atom. The third kappa shape index (κ3) is 6.80. The van der Waals surface area contributed by atoms with Crippen LogP contribution in [0.3, 0.4) is 0 Å². The second-order valence-electron chi connectivity index (χ2n) is 8.79. The van der Waals surface area contributed by atoms with Crippen molar-refractivity contribution in [1.29, 1.82) is 0 Å². The van der Waals surface area contributed by atoms with E-state index in [2.05, 4.69) is 21.0 Å². The SMILES string of the molecule is CNC(=O)CNC(=O)Cn1nc(-c2ccc(Cl)c(C(=O)NCC3(O)CCCCCC3)c2)cc1C. The number of hydrogen-bond acceptors (Lipinski definition) is 5. The highest BCUT2D eigenvalue weighted by Crippen LogP contribution is 2.28. The maximum atomic E-state index is 12.9. The molecule has 0 atom stereocenters. The van der Waals surface area contributed by atoms with Gasteiger partial charge < -0.3 is 21.1 Å². The molecule has 1 aliphatic carbocycles. The summed E-state index contributed by atoms with van der Waals surface area (Å²) in [6, 6.07) is 6.87. The van der Waals surface area contributed by atoms with Crippen LogP contribution < -0.4 is 16.0 Å². The Morgan fingerprint density at radius 1 is 1.09 bits per heavy atom. The number of hydrogen-bond donors (Lipinski definition) is 4. The van der Waals surface area contributed by atoms with Gasteiger partial charge in [-0.3, -0.25) is 19.1 Å². The Labute approximate surface area is 204 Å². The van der Waals surface area contributed by atoms with Crippen molar-refractivity contribution in [2.45, 2.75) is 57.6 Å². The topological polar surface area (TPSA) is 125 Å². The largest absolute Gasteiger partial charge is 0.388 e. The molecule has 1 aromatic heterocycles. The maximum Gasteiger partial charge on any atom is 0.252 e. The standard InChI is InChI=1S/C24H32ClN5O4/c1-16-11-20(29-30(16)14-22(32)27-13-21(31)26-2)17-7-8-19(25)18(12-17)23(33)28-15-24(34)9-5-3-4-6-10-24/h7-8,11-12,34H,3-6,9-10,13-15H2,1-2H3,(H,26,31)(H,27,32)(H,28,33). The van der Waals surface area contributed by atoms with Crippen molar-refractivity contribution in [2.75, 3.05) is 20.1 Å². The van der Waals surface area contributed by atoms with E-state index in [0.29, 0.717) is 34.7 Å². The molecule has 0 bridgehead atoms. The van der Waals surface area contributed by atoms with E-state index >= 15 is 0 Å². The third-order valence-corrected chi connectivity index (χ3v) is 6.45. The van der Waals surface area contributed by atoms with Gasteiger partial charge in [-0.2, -0.15) is 5.10 Å². The Morgan fingerprint density at radius 2 is 1.79 bits per heavy atom. The zero-order valence-corrected chi connectivity index (χ0v) is 20.4. The molecule has 1 heterocycles.